The number of carbonyl (C=O) groups excluding carboxylic acids is 2. The van der Waals surface area contributed by atoms with Crippen LogP contribution in [0.3, 0.4) is 0 Å². The molecule has 166 valence electrons. The summed E-state index contributed by atoms with van der Waals surface area (Å²) in [5.41, 5.74) is 2.44. The maximum atomic E-state index is 12.9. The molecule has 0 atom stereocenters. The lowest BCUT2D eigenvalue weighted by atomic mass is 10.2. The minimum atomic E-state index is -0.288. The third kappa shape index (κ3) is 6.01. The Morgan fingerprint density at radius 3 is 2.45 bits per heavy atom. The Morgan fingerprint density at radius 1 is 1.06 bits per heavy atom. The second-order valence-electron chi connectivity index (χ2n) is 7.15. The zero-order valence-corrected chi connectivity index (χ0v) is 19.8. The van der Waals surface area contributed by atoms with Crippen molar-refractivity contribution >= 4 is 63.5 Å². The van der Waals surface area contributed by atoms with E-state index < -0.39 is 0 Å². The highest BCUT2D eigenvalue weighted by Gasteiger charge is 2.31. The number of benzene rings is 3. The molecule has 4 rings (SSSR count). The Morgan fingerprint density at radius 2 is 1.76 bits per heavy atom. The molecule has 0 saturated carbocycles. The van der Waals surface area contributed by atoms with Crippen molar-refractivity contribution in [1.82, 2.24) is 4.90 Å². The smallest absolute Gasteiger partial charge is 0.266 e. The highest BCUT2D eigenvalue weighted by Crippen LogP contribution is 2.35. The summed E-state index contributed by atoms with van der Waals surface area (Å²) in [6.07, 6.45) is 1.75. The van der Waals surface area contributed by atoms with Crippen molar-refractivity contribution in [2.24, 2.45) is 0 Å². The van der Waals surface area contributed by atoms with Gasteiger partial charge in [-0.15, -0.1) is 0 Å². The number of hydrogen-bond donors (Lipinski definition) is 1. The van der Waals surface area contributed by atoms with E-state index in [9.17, 15) is 9.59 Å². The molecule has 1 saturated heterocycles. The van der Waals surface area contributed by atoms with E-state index in [-0.39, 0.29) is 18.4 Å². The summed E-state index contributed by atoms with van der Waals surface area (Å²) in [5.74, 6) is -0.0417. The lowest BCUT2D eigenvalue weighted by molar-refractivity contribution is -0.122. The number of anilines is 1. The SMILES string of the molecule is O=C(COc1ccc(/C=C2\SC(=S)N(Cc3ccccc3)C2=O)cc1Cl)Nc1ccccc1. The van der Waals surface area contributed by atoms with E-state index in [1.54, 1.807) is 41.3 Å². The lowest BCUT2D eigenvalue weighted by Crippen LogP contribution is -2.27. The van der Waals surface area contributed by atoms with Crippen LogP contribution in [-0.2, 0) is 16.1 Å². The second kappa shape index (κ2) is 10.7. The number of carbonyl (C=O) groups is 2. The summed E-state index contributed by atoms with van der Waals surface area (Å²) in [5, 5.41) is 3.09. The van der Waals surface area contributed by atoms with Crippen LogP contribution in [0, 0.1) is 0 Å². The summed E-state index contributed by atoms with van der Waals surface area (Å²) in [7, 11) is 0. The normalized spacial score (nSPS) is 14.6. The second-order valence-corrected chi connectivity index (χ2v) is 9.23. The van der Waals surface area contributed by atoms with Gasteiger partial charge in [-0.3, -0.25) is 14.5 Å². The molecule has 8 heteroatoms. The van der Waals surface area contributed by atoms with E-state index in [0.717, 1.165) is 11.1 Å². The van der Waals surface area contributed by atoms with Gasteiger partial charge in [0.25, 0.3) is 11.8 Å². The van der Waals surface area contributed by atoms with E-state index >= 15 is 0 Å². The number of para-hydroxylation sites is 1. The lowest BCUT2D eigenvalue weighted by Gasteiger charge is -2.14. The molecule has 0 aromatic heterocycles. The molecule has 0 spiro atoms. The molecule has 1 aliphatic heterocycles. The van der Waals surface area contributed by atoms with Crippen LogP contribution >= 0.6 is 35.6 Å². The zero-order chi connectivity index (χ0) is 23.2. The number of rotatable bonds is 7. The van der Waals surface area contributed by atoms with Crippen LogP contribution in [0.15, 0.2) is 83.8 Å². The molecule has 0 radical (unpaired) electrons. The Kier molecular flexibility index (Phi) is 7.44. The number of hydrogen-bond acceptors (Lipinski definition) is 5. The Hall–Kier alpha value is -3.13. The van der Waals surface area contributed by atoms with Gasteiger partial charge >= 0.3 is 0 Å². The van der Waals surface area contributed by atoms with Gasteiger partial charge in [0.2, 0.25) is 0 Å². The molecule has 2 amide bonds. The minimum absolute atomic E-state index is 0.136. The van der Waals surface area contributed by atoms with Crippen LogP contribution in [0.2, 0.25) is 5.02 Å². The Balaban J connectivity index is 1.39. The van der Waals surface area contributed by atoms with Gasteiger partial charge in [0.05, 0.1) is 16.5 Å². The van der Waals surface area contributed by atoms with Crippen molar-refractivity contribution in [2.75, 3.05) is 11.9 Å². The monoisotopic (exact) mass is 494 g/mol. The highest BCUT2D eigenvalue weighted by atomic mass is 35.5. The molecule has 5 nitrogen and oxygen atoms in total. The quantitative estimate of drug-likeness (QED) is 0.334. The number of ether oxygens (including phenoxy) is 1. The predicted octanol–water partition coefficient (Wildman–Crippen LogP) is 5.76. The topological polar surface area (TPSA) is 58.6 Å². The molecule has 0 bridgehead atoms. The van der Waals surface area contributed by atoms with Crippen LogP contribution < -0.4 is 10.1 Å². The van der Waals surface area contributed by atoms with E-state index in [0.29, 0.717) is 32.2 Å². The molecule has 1 N–H and O–H groups in total. The van der Waals surface area contributed by atoms with Crippen molar-refractivity contribution in [1.29, 1.82) is 0 Å². The van der Waals surface area contributed by atoms with Gasteiger partial charge in [0.15, 0.2) is 6.61 Å². The molecule has 0 aliphatic carbocycles. The average molecular weight is 495 g/mol. The van der Waals surface area contributed by atoms with Crippen molar-refractivity contribution < 1.29 is 14.3 Å². The molecule has 1 aliphatic rings. The molecule has 3 aromatic carbocycles. The maximum absolute atomic E-state index is 12.9. The predicted molar refractivity (Wildman–Crippen MR) is 137 cm³/mol. The van der Waals surface area contributed by atoms with E-state index in [4.69, 9.17) is 28.6 Å². The van der Waals surface area contributed by atoms with Gasteiger partial charge < -0.3 is 10.1 Å². The van der Waals surface area contributed by atoms with Gasteiger partial charge in [-0.1, -0.05) is 90.2 Å². The van der Waals surface area contributed by atoms with Crippen LogP contribution in [0.5, 0.6) is 5.75 Å². The van der Waals surface area contributed by atoms with Crippen molar-refractivity contribution in [3.8, 4) is 5.75 Å². The summed E-state index contributed by atoms with van der Waals surface area (Å²) >= 11 is 13.0. The third-order valence-corrected chi connectivity index (χ3v) is 6.40. The van der Waals surface area contributed by atoms with Gasteiger partial charge in [-0.05, 0) is 41.5 Å². The van der Waals surface area contributed by atoms with Crippen LogP contribution in [-0.4, -0.2) is 27.6 Å². The molecular formula is C25H19ClN2O3S2. The number of nitrogens with zero attached hydrogens (tertiary/aromatic N) is 1. The highest BCUT2D eigenvalue weighted by molar-refractivity contribution is 8.26. The van der Waals surface area contributed by atoms with Crippen LogP contribution in [0.1, 0.15) is 11.1 Å². The van der Waals surface area contributed by atoms with Gasteiger partial charge in [-0.25, -0.2) is 0 Å². The number of nitrogens with one attached hydrogen (secondary N) is 1. The van der Waals surface area contributed by atoms with E-state index in [1.165, 1.54) is 11.8 Å². The maximum Gasteiger partial charge on any atom is 0.266 e. The largest absolute Gasteiger partial charge is 0.482 e. The fourth-order valence-electron chi connectivity index (χ4n) is 3.14. The summed E-state index contributed by atoms with van der Waals surface area (Å²) in [4.78, 5) is 27.0. The van der Waals surface area contributed by atoms with E-state index in [1.807, 2.05) is 48.5 Å². The van der Waals surface area contributed by atoms with Gasteiger partial charge in [0, 0.05) is 5.69 Å². The van der Waals surface area contributed by atoms with Crippen molar-refractivity contribution in [3.63, 3.8) is 0 Å². The van der Waals surface area contributed by atoms with Gasteiger partial charge in [0.1, 0.15) is 10.1 Å². The first-order valence-electron chi connectivity index (χ1n) is 10.1. The minimum Gasteiger partial charge on any atom is -0.482 e. The molecule has 1 fully saturated rings. The summed E-state index contributed by atoms with van der Waals surface area (Å²) in [6, 6.07) is 24.0. The number of thiocarbonyl (C=S) groups is 1. The summed E-state index contributed by atoms with van der Waals surface area (Å²) < 4.78 is 6.07. The average Bonchev–Trinajstić information content (AvgIpc) is 3.07. The summed E-state index contributed by atoms with van der Waals surface area (Å²) in [6.45, 7) is 0.257. The number of halogens is 1. The fraction of sp³-hybridized carbons (Fsp3) is 0.0800. The van der Waals surface area contributed by atoms with Crippen LogP contribution in [0.4, 0.5) is 5.69 Å². The standard InChI is InChI=1S/C25H19ClN2O3S2/c26-20-13-18(11-12-21(20)31-16-23(29)27-19-9-5-2-6-10-19)14-22-24(30)28(25(32)33-22)15-17-7-3-1-4-8-17/h1-14H,15-16H2,(H,27,29)/b22-14-. The third-order valence-electron chi connectivity index (χ3n) is 4.73. The van der Waals surface area contributed by atoms with Crippen molar-refractivity contribution in [2.45, 2.75) is 6.54 Å². The Labute approximate surface area is 206 Å². The molecular weight excluding hydrogens is 476 g/mol. The fourth-order valence-corrected chi connectivity index (χ4v) is 4.64. The van der Waals surface area contributed by atoms with Crippen molar-refractivity contribution in [3.05, 3.63) is 99.9 Å². The Bertz CT molecular complexity index is 1220. The molecule has 3 aromatic rings. The first kappa shape index (κ1) is 23.0. The number of amides is 2. The first-order valence-corrected chi connectivity index (χ1v) is 11.7. The molecule has 33 heavy (non-hydrogen) atoms. The molecule has 1 heterocycles. The number of thioether (sulfide) groups is 1. The molecule has 0 unspecified atom stereocenters. The van der Waals surface area contributed by atoms with E-state index in [2.05, 4.69) is 5.32 Å². The van der Waals surface area contributed by atoms with Gasteiger partial charge in [-0.2, -0.15) is 0 Å². The first-order chi connectivity index (χ1) is 16.0. The van der Waals surface area contributed by atoms with Crippen LogP contribution in [0.25, 0.3) is 6.08 Å². The zero-order valence-electron chi connectivity index (χ0n) is 17.4.